The molecule has 2 unspecified atom stereocenters. The molecule has 0 amide bonds. The molecular formula is C16H30O8Ti. The van der Waals surface area contributed by atoms with Crippen LogP contribution in [-0.4, -0.2) is 46.9 Å². The van der Waals surface area contributed by atoms with Gasteiger partial charge >= 0.3 is 21.7 Å². The Morgan fingerprint density at radius 2 is 0.880 bits per heavy atom. The van der Waals surface area contributed by atoms with E-state index in [1.54, 1.807) is 27.7 Å². The van der Waals surface area contributed by atoms with Gasteiger partial charge < -0.3 is 30.0 Å². The van der Waals surface area contributed by atoms with Gasteiger partial charge in [0.2, 0.25) is 0 Å². The first-order valence-electron chi connectivity index (χ1n) is 7.66. The van der Waals surface area contributed by atoms with Gasteiger partial charge in [-0.25, -0.2) is 0 Å². The summed E-state index contributed by atoms with van der Waals surface area (Å²) in [5, 5.41) is 35.2. The fourth-order valence-electron chi connectivity index (χ4n) is 1.24. The van der Waals surface area contributed by atoms with E-state index in [0.29, 0.717) is 12.8 Å². The van der Waals surface area contributed by atoms with E-state index in [9.17, 15) is 29.4 Å². The number of Topliss-reactive ketones (excluding diaryl/α,β-unsaturated/α-hetero) is 2. The first kappa shape index (κ1) is 35.1. The van der Waals surface area contributed by atoms with Crippen molar-refractivity contribution in [2.75, 3.05) is 13.2 Å². The Hall–Kier alpha value is -1.09. The van der Waals surface area contributed by atoms with E-state index < -0.39 is 23.8 Å². The van der Waals surface area contributed by atoms with Crippen molar-refractivity contribution in [3.05, 3.63) is 0 Å². The molecule has 2 atom stereocenters. The number of hydrogen-bond acceptors (Lipinski definition) is 8. The van der Waals surface area contributed by atoms with Crippen LogP contribution in [0.5, 0.6) is 0 Å². The van der Waals surface area contributed by atoms with Gasteiger partial charge in [0.15, 0.2) is 0 Å². The van der Waals surface area contributed by atoms with Crippen molar-refractivity contribution in [1.29, 1.82) is 0 Å². The molecule has 0 saturated heterocycles. The van der Waals surface area contributed by atoms with Crippen LogP contribution in [0.1, 0.15) is 54.4 Å². The second-order valence-corrected chi connectivity index (χ2v) is 4.41. The van der Waals surface area contributed by atoms with Crippen molar-refractivity contribution in [2.24, 2.45) is 11.8 Å². The fourth-order valence-corrected chi connectivity index (χ4v) is 1.24. The van der Waals surface area contributed by atoms with Crippen LogP contribution in [-0.2, 0) is 40.9 Å². The molecule has 0 rings (SSSR count). The summed E-state index contributed by atoms with van der Waals surface area (Å²) in [5.74, 6) is -5.04. The zero-order chi connectivity index (χ0) is 20.3. The molecule has 9 heteroatoms. The standard InChI is InChI=1S/2C6H10O3.2C2H6O.Ti/c2*1-3-5(4(2)7)6(8)9;2*1-2-3;/h2*5H,3H2,1-2H3,(H,8,9);2*3H,2H2,1H3;/q;;;;+2/p-2. The van der Waals surface area contributed by atoms with E-state index in [1.807, 2.05) is 0 Å². The van der Waals surface area contributed by atoms with Gasteiger partial charge in [0.25, 0.3) is 0 Å². The largest absolute Gasteiger partial charge is 2.00 e. The van der Waals surface area contributed by atoms with Crippen LogP contribution in [0.2, 0.25) is 0 Å². The molecule has 0 aromatic rings. The summed E-state index contributed by atoms with van der Waals surface area (Å²) in [4.78, 5) is 40.9. The first-order valence-corrected chi connectivity index (χ1v) is 7.66. The minimum Gasteiger partial charge on any atom is -0.549 e. The Bertz CT molecular complexity index is 296. The summed E-state index contributed by atoms with van der Waals surface area (Å²) in [6.45, 7) is 9.65. The molecule has 0 aliphatic heterocycles. The maximum absolute atomic E-state index is 10.4. The van der Waals surface area contributed by atoms with Crippen molar-refractivity contribution in [3.8, 4) is 0 Å². The Kier molecular flexibility index (Phi) is 35.3. The maximum Gasteiger partial charge on any atom is 2.00 e. The summed E-state index contributed by atoms with van der Waals surface area (Å²) in [5.41, 5.74) is 0. The molecular weight excluding hydrogens is 368 g/mol. The van der Waals surface area contributed by atoms with Crippen LogP contribution < -0.4 is 10.2 Å². The Labute approximate surface area is 164 Å². The van der Waals surface area contributed by atoms with Gasteiger partial charge in [-0.3, -0.25) is 9.59 Å². The number of carboxylic acids is 2. The van der Waals surface area contributed by atoms with Crippen LogP contribution in [0.15, 0.2) is 0 Å². The number of aliphatic carboxylic acids is 2. The van der Waals surface area contributed by atoms with Crippen LogP contribution in [0.4, 0.5) is 0 Å². The van der Waals surface area contributed by atoms with Gasteiger partial charge in [0, 0.05) is 13.2 Å². The molecule has 0 aliphatic rings. The smallest absolute Gasteiger partial charge is 0.549 e. The number of carbonyl (C=O) groups excluding carboxylic acids is 4. The van der Waals surface area contributed by atoms with Crippen molar-refractivity contribution < 1.29 is 61.3 Å². The van der Waals surface area contributed by atoms with Gasteiger partial charge in [-0.1, -0.05) is 13.8 Å². The first-order chi connectivity index (χ1) is 11.0. The quantitative estimate of drug-likeness (QED) is 0.413. The molecule has 146 valence electrons. The van der Waals surface area contributed by atoms with Crippen LogP contribution in [0, 0.1) is 11.8 Å². The molecule has 0 fully saturated rings. The Balaban J connectivity index is -0.0000000788. The number of rotatable bonds is 6. The van der Waals surface area contributed by atoms with E-state index in [-0.39, 0.29) is 46.5 Å². The Morgan fingerprint density at radius 1 is 0.720 bits per heavy atom. The zero-order valence-corrected chi connectivity index (χ0v) is 17.4. The van der Waals surface area contributed by atoms with Crippen LogP contribution in [0.3, 0.4) is 0 Å². The number of aliphatic hydroxyl groups is 2. The molecule has 0 heterocycles. The maximum atomic E-state index is 10.4. The van der Waals surface area contributed by atoms with Gasteiger partial charge in [-0.05, 0) is 40.5 Å². The molecule has 0 radical (unpaired) electrons. The SMILES string of the molecule is CCC(C(C)=O)C(=O)[O-].CCC(C(C)=O)C(=O)[O-].CCO.CCO.[Ti+2]. The molecule has 0 aromatic carbocycles. The van der Waals surface area contributed by atoms with Gasteiger partial charge in [-0.15, -0.1) is 0 Å². The van der Waals surface area contributed by atoms with E-state index in [1.165, 1.54) is 13.8 Å². The summed E-state index contributed by atoms with van der Waals surface area (Å²) in [7, 11) is 0. The number of ketones is 2. The molecule has 0 bridgehead atoms. The van der Waals surface area contributed by atoms with Crippen molar-refractivity contribution in [2.45, 2.75) is 54.4 Å². The third kappa shape index (κ3) is 28.0. The monoisotopic (exact) mass is 398 g/mol. The second kappa shape index (κ2) is 25.2. The van der Waals surface area contributed by atoms with Crippen molar-refractivity contribution in [1.82, 2.24) is 0 Å². The molecule has 0 aliphatic carbocycles. The Morgan fingerprint density at radius 3 is 0.880 bits per heavy atom. The van der Waals surface area contributed by atoms with Crippen molar-refractivity contribution >= 4 is 23.5 Å². The number of aliphatic hydroxyl groups excluding tert-OH is 2. The molecule has 0 aromatic heterocycles. The molecule has 25 heavy (non-hydrogen) atoms. The minimum absolute atomic E-state index is 0. The van der Waals surface area contributed by atoms with Gasteiger partial charge in [0.05, 0.1) is 23.8 Å². The van der Waals surface area contributed by atoms with E-state index in [4.69, 9.17) is 10.2 Å². The van der Waals surface area contributed by atoms with Gasteiger partial charge in [-0.2, -0.15) is 0 Å². The normalized spacial score (nSPS) is 10.6. The summed E-state index contributed by atoms with van der Waals surface area (Å²) in [6, 6.07) is 0. The van der Waals surface area contributed by atoms with E-state index in [0.717, 1.165) is 0 Å². The molecule has 0 spiro atoms. The predicted octanol–water partition coefficient (Wildman–Crippen LogP) is -1.30. The third-order valence-electron chi connectivity index (χ3n) is 2.37. The minimum atomic E-state index is -1.27. The number of carbonyl (C=O) groups is 4. The van der Waals surface area contributed by atoms with E-state index in [2.05, 4.69) is 0 Å². The molecule has 8 nitrogen and oxygen atoms in total. The van der Waals surface area contributed by atoms with Crippen LogP contribution >= 0.6 is 0 Å². The summed E-state index contributed by atoms with van der Waals surface area (Å²) in [6.07, 6.45) is 0.634. The summed E-state index contributed by atoms with van der Waals surface area (Å²) < 4.78 is 0. The van der Waals surface area contributed by atoms with Gasteiger partial charge in [0.1, 0.15) is 11.6 Å². The number of carboxylic acid groups (broad SMARTS) is 2. The topological polar surface area (TPSA) is 155 Å². The fraction of sp³-hybridized carbons (Fsp3) is 0.750. The van der Waals surface area contributed by atoms with Crippen molar-refractivity contribution in [3.63, 3.8) is 0 Å². The number of hydrogen-bond donors (Lipinski definition) is 2. The molecule has 2 N–H and O–H groups in total. The van der Waals surface area contributed by atoms with E-state index >= 15 is 0 Å². The average Bonchev–Trinajstić information content (AvgIpc) is 2.40. The van der Waals surface area contributed by atoms with Crippen LogP contribution in [0.25, 0.3) is 0 Å². The average molecular weight is 398 g/mol. The summed E-state index contributed by atoms with van der Waals surface area (Å²) >= 11 is 0. The molecule has 0 saturated carbocycles. The second-order valence-electron chi connectivity index (χ2n) is 4.41. The predicted molar refractivity (Wildman–Crippen MR) is 84.5 cm³/mol. The zero-order valence-electron chi connectivity index (χ0n) is 15.8. The third-order valence-corrected chi connectivity index (χ3v) is 2.37.